The summed E-state index contributed by atoms with van der Waals surface area (Å²) >= 11 is 21.0. The van der Waals surface area contributed by atoms with Crippen molar-refractivity contribution in [2.45, 2.75) is 45.0 Å². The summed E-state index contributed by atoms with van der Waals surface area (Å²) in [7, 11) is 3.07. The molecule has 2 aromatic heterocycles. The number of aliphatic hydroxyl groups is 1. The van der Waals surface area contributed by atoms with Crippen LogP contribution in [0.5, 0.6) is 11.6 Å². The number of amides is 2. The maximum atomic E-state index is 12.1. The lowest BCUT2D eigenvalue weighted by Gasteiger charge is -2.23. The number of hydrogen-bond donors (Lipinski definition) is 4. The number of carboxylic acid groups (broad SMARTS) is 1. The van der Waals surface area contributed by atoms with Gasteiger partial charge in [0.15, 0.2) is 0 Å². The number of rotatable bonds is 13. The molecule has 5 aromatic rings. The molecule has 2 atom stereocenters. The molecule has 276 valence electrons. The second kappa shape index (κ2) is 16.6. The highest BCUT2D eigenvalue weighted by molar-refractivity contribution is 6.39. The molecule has 0 saturated carbocycles. The summed E-state index contributed by atoms with van der Waals surface area (Å²) < 4.78 is 11.4. The van der Waals surface area contributed by atoms with E-state index < -0.39 is 12.2 Å². The van der Waals surface area contributed by atoms with E-state index in [0.29, 0.717) is 91.5 Å². The van der Waals surface area contributed by atoms with E-state index in [2.05, 4.69) is 10.6 Å². The normalized spacial score (nSPS) is 14.6. The molecule has 1 fully saturated rings. The number of aliphatic hydroxyl groups excluding tert-OH is 1. The fourth-order valence-electron chi connectivity index (χ4n) is 6.51. The van der Waals surface area contributed by atoms with E-state index in [-0.39, 0.29) is 30.9 Å². The molecule has 3 aromatic carbocycles. The molecule has 1 aliphatic rings. The molecule has 2 amide bonds. The molecule has 53 heavy (non-hydrogen) atoms. The Labute approximate surface area is 321 Å². The van der Waals surface area contributed by atoms with Gasteiger partial charge in [-0.1, -0.05) is 71.2 Å². The Kier molecular flexibility index (Phi) is 11.9. The summed E-state index contributed by atoms with van der Waals surface area (Å²) in [5, 5.41) is 27.6. The Balaban J connectivity index is 1.30. The third-order valence-electron chi connectivity index (χ3n) is 9.05. The molecule has 11 nitrogen and oxygen atoms in total. The van der Waals surface area contributed by atoms with E-state index in [1.54, 1.807) is 26.2 Å². The van der Waals surface area contributed by atoms with E-state index in [4.69, 9.17) is 54.2 Å². The summed E-state index contributed by atoms with van der Waals surface area (Å²) in [6.45, 7) is 2.77. The summed E-state index contributed by atoms with van der Waals surface area (Å²) in [6, 6.07) is 20.1. The first kappa shape index (κ1) is 38.1. The number of fused-ring (bicyclic) bond motifs is 1. The van der Waals surface area contributed by atoms with Gasteiger partial charge in [0, 0.05) is 70.9 Å². The van der Waals surface area contributed by atoms with Gasteiger partial charge >= 0.3 is 6.09 Å². The topological polar surface area (TPSA) is 146 Å². The predicted octanol–water partition coefficient (Wildman–Crippen LogP) is 7.84. The van der Waals surface area contributed by atoms with Crippen LogP contribution in [0.15, 0.2) is 66.7 Å². The van der Waals surface area contributed by atoms with Crippen molar-refractivity contribution in [3.05, 3.63) is 92.9 Å². The average molecular weight is 779 g/mol. The minimum atomic E-state index is -1.11. The smallest absolute Gasteiger partial charge is 0.407 e. The first-order chi connectivity index (χ1) is 25.5. The third kappa shape index (κ3) is 8.30. The van der Waals surface area contributed by atoms with Crippen molar-refractivity contribution < 1.29 is 29.3 Å². The van der Waals surface area contributed by atoms with Gasteiger partial charge in [0.1, 0.15) is 5.75 Å². The number of nitrogens with zero attached hydrogens (tertiary/aromatic N) is 3. The van der Waals surface area contributed by atoms with Crippen LogP contribution < -0.4 is 20.1 Å². The zero-order valence-corrected chi connectivity index (χ0v) is 31.5. The Morgan fingerprint density at radius 1 is 0.943 bits per heavy atom. The molecule has 4 N–H and O–H groups in total. The number of halogens is 3. The molecule has 0 bridgehead atoms. The summed E-state index contributed by atoms with van der Waals surface area (Å²) in [4.78, 5) is 34.6. The maximum absolute atomic E-state index is 12.1. The summed E-state index contributed by atoms with van der Waals surface area (Å²) in [6.07, 6.45) is -0.646. The molecule has 0 spiro atoms. The molecule has 2 unspecified atom stereocenters. The highest BCUT2D eigenvalue weighted by Gasteiger charge is 2.26. The van der Waals surface area contributed by atoms with Gasteiger partial charge in [-0.15, -0.1) is 0 Å². The fourth-order valence-corrected chi connectivity index (χ4v) is 7.44. The van der Waals surface area contributed by atoms with Crippen molar-refractivity contribution in [3.63, 3.8) is 0 Å². The van der Waals surface area contributed by atoms with Crippen LogP contribution in [-0.2, 0) is 17.9 Å². The van der Waals surface area contributed by atoms with Crippen molar-refractivity contribution in [3.8, 4) is 45.3 Å². The van der Waals surface area contributed by atoms with Crippen LogP contribution in [0.2, 0.25) is 15.1 Å². The lowest BCUT2D eigenvalue weighted by atomic mass is 9.97. The largest absolute Gasteiger partial charge is 0.496 e. The van der Waals surface area contributed by atoms with Gasteiger partial charge in [-0.2, -0.15) is 0 Å². The molecular formula is C39H38Cl3N5O6. The first-order valence-corrected chi connectivity index (χ1v) is 18.1. The Hall–Kier alpha value is -4.65. The molecule has 14 heteroatoms. The van der Waals surface area contributed by atoms with Gasteiger partial charge in [-0.05, 0) is 43.7 Å². The summed E-state index contributed by atoms with van der Waals surface area (Å²) in [5.41, 5.74) is 5.75. The van der Waals surface area contributed by atoms with Crippen LogP contribution in [0.1, 0.15) is 30.9 Å². The van der Waals surface area contributed by atoms with E-state index in [1.807, 2.05) is 54.6 Å². The van der Waals surface area contributed by atoms with Crippen molar-refractivity contribution >= 4 is 57.7 Å². The highest BCUT2D eigenvalue weighted by Crippen LogP contribution is 2.43. The molecule has 1 saturated heterocycles. The van der Waals surface area contributed by atoms with Crippen molar-refractivity contribution in [2.75, 3.05) is 27.3 Å². The molecule has 3 heterocycles. The van der Waals surface area contributed by atoms with Gasteiger partial charge in [-0.3, -0.25) is 4.79 Å². The minimum Gasteiger partial charge on any atom is -0.496 e. The number of carbonyl (C=O) groups excluding carboxylic acids is 1. The van der Waals surface area contributed by atoms with E-state index in [1.165, 1.54) is 12.0 Å². The van der Waals surface area contributed by atoms with Crippen LogP contribution in [0.3, 0.4) is 0 Å². The van der Waals surface area contributed by atoms with E-state index in [9.17, 15) is 19.8 Å². The summed E-state index contributed by atoms with van der Waals surface area (Å²) in [5.74, 6) is 0.814. The number of methoxy groups -OCH3 is 2. The van der Waals surface area contributed by atoms with Gasteiger partial charge in [0.25, 0.3) is 0 Å². The second-order valence-corrected chi connectivity index (χ2v) is 14.0. The van der Waals surface area contributed by atoms with Gasteiger partial charge in [0.2, 0.25) is 11.8 Å². The Morgan fingerprint density at radius 2 is 1.58 bits per heavy atom. The molecule has 0 aliphatic carbocycles. The molecule has 1 aliphatic heterocycles. The fraction of sp³-hybridized carbons (Fsp3) is 0.282. The van der Waals surface area contributed by atoms with Crippen LogP contribution in [0.25, 0.3) is 44.5 Å². The van der Waals surface area contributed by atoms with Crippen molar-refractivity contribution in [1.29, 1.82) is 0 Å². The maximum Gasteiger partial charge on any atom is 0.407 e. The van der Waals surface area contributed by atoms with Crippen LogP contribution >= 0.6 is 34.8 Å². The van der Waals surface area contributed by atoms with E-state index in [0.717, 1.165) is 10.9 Å². The minimum absolute atomic E-state index is 0.0253. The van der Waals surface area contributed by atoms with Gasteiger partial charge in [-0.25, -0.2) is 14.8 Å². The lowest BCUT2D eigenvalue weighted by molar-refractivity contribution is -0.119. The van der Waals surface area contributed by atoms with Crippen LogP contribution in [-0.4, -0.2) is 76.5 Å². The second-order valence-electron chi connectivity index (χ2n) is 12.8. The first-order valence-electron chi connectivity index (χ1n) is 16.9. The Bertz CT molecular complexity index is 2180. The SMILES string of the molecule is COc1nc(-c2cccc(-c3cccc(-c4ccc5c(OC)c(CNCC(C)O)cc(Cl)c5n4)c3Cl)c2Cl)ccc1CN(CC1CCC(=O)N1)C(=O)O. The van der Waals surface area contributed by atoms with Gasteiger partial charge in [0.05, 0.1) is 58.8 Å². The average Bonchev–Trinajstić information content (AvgIpc) is 3.56. The number of pyridine rings is 2. The third-order valence-corrected chi connectivity index (χ3v) is 10.1. The van der Waals surface area contributed by atoms with E-state index >= 15 is 0 Å². The number of benzene rings is 3. The zero-order valence-electron chi connectivity index (χ0n) is 29.3. The molecule has 6 rings (SSSR count). The van der Waals surface area contributed by atoms with Crippen LogP contribution in [0, 0.1) is 0 Å². The number of nitrogens with one attached hydrogen (secondary N) is 2. The van der Waals surface area contributed by atoms with Crippen LogP contribution in [0.4, 0.5) is 4.79 Å². The van der Waals surface area contributed by atoms with Crippen molar-refractivity contribution in [1.82, 2.24) is 25.5 Å². The lowest BCUT2D eigenvalue weighted by Crippen LogP contribution is -2.41. The standard InChI is InChI=1S/C39H38Cl3N5O6/c1-21(48)17-43-18-23-16-30(40)36-29(37(23)52-2)12-14-31(45-36)27-8-4-6-25(34(27)41)26-7-5-9-28(35(26)42)32-13-10-22(38(46-32)53-3)19-47(39(50)51)20-24-11-15-33(49)44-24/h4-10,12-14,16,21,24,43,48H,11,15,17-20H2,1-3H3,(H,44,49)(H,50,51). The number of carbonyl (C=O) groups is 2. The monoisotopic (exact) mass is 777 g/mol. The number of hydrogen-bond acceptors (Lipinski definition) is 8. The zero-order chi connectivity index (χ0) is 37.8. The number of aromatic nitrogens is 2. The van der Waals surface area contributed by atoms with Gasteiger partial charge < -0.3 is 35.2 Å². The molecule has 0 radical (unpaired) electrons. The number of ether oxygens (including phenoxy) is 2. The predicted molar refractivity (Wildman–Crippen MR) is 207 cm³/mol. The van der Waals surface area contributed by atoms with Crippen molar-refractivity contribution in [2.24, 2.45) is 0 Å². The highest BCUT2D eigenvalue weighted by atomic mass is 35.5. The Morgan fingerprint density at radius 3 is 2.17 bits per heavy atom. The molecular weight excluding hydrogens is 741 g/mol. The quantitative estimate of drug-likeness (QED) is 0.0940.